The summed E-state index contributed by atoms with van der Waals surface area (Å²) in [5.41, 5.74) is 2.29. The van der Waals surface area contributed by atoms with Gasteiger partial charge in [0.2, 0.25) is 0 Å². The lowest BCUT2D eigenvalue weighted by atomic mass is 10.0. The molecule has 0 radical (unpaired) electrons. The van der Waals surface area contributed by atoms with Crippen LogP contribution in [-0.2, 0) is 12.8 Å². The maximum Gasteiger partial charge on any atom is 0.142 e. The third-order valence-electron chi connectivity index (χ3n) is 2.76. The van der Waals surface area contributed by atoms with Gasteiger partial charge in [0.1, 0.15) is 11.5 Å². The van der Waals surface area contributed by atoms with Gasteiger partial charge in [0.05, 0.1) is 16.7 Å². The second-order valence-electron chi connectivity index (χ2n) is 3.86. The molecule has 0 bridgehead atoms. The number of aliphatic hydroxyl groups is 1. The monoisotopic (exact) mass is 285 g/mol. The zero-order valence-corrected chi connectivity index (χ0v) is 11.4. The van der Waals surface area contributed by atoms with Gasteiger partial charge in [-0.15, -0.1) is 0 Å². The number of aliphatic hydroxyl groups excluding tert-OH is 1. The first-order chi connectivity index (χ1) is 8.69. The number of rotatable bonds is 4. The van der Waals surface area contributed by atoms with Crippen molar-refractivity contribution in [2.24, 2.45) is 0 Å². The second kappa shape index (κ2) is 5.74. The molecule has 1 heterocycles. The van der Waals surface area contributed by atoms with E-state index in [0.717, 1.165) is 12.0 Å². The summed E-state index contributed by atoms with van der Waals surface area (Å²) in [4.78, 5) is 0. The molecule has 3 nitrogen and oxygen atoms in total. The first-order valence-corrected chi connectivity index (χ1v) is 6.47. The number of hydrogen-bond acceptors (Lipinski definition) is 3. The van der Waals surface area contributed by atoms with Crippen molar-refractivity contribution in [1.82, 2.24) is 5.16 Å². The maximum absolute atomic E-state index is 8.99. The van der Waals surface area contributed by atoms with E-state index in [4.69, 9.17) is 32.8 Å². The summed E-state index contributed by atoms with van der Waals surface area (Å²) >= 11 is 12.3. The number of nitrogens with zero attached hydrogens (tertiary/aromatic N) is 1. The van der Waals surface area contributed by atoms with Gasteiger partial charge in [-0.1, -0.05) is 41.3 Å². The van der Waals surface area contributed by atoms with E-state index in [2.05, 4.69) is 5.16 Å². The van der Waals surface area contributed by atoms with Gasteiger partial charge in [-0.3, -0.25) is 0 Å². The van der Waals surface area contributed by atoms with Crippen molar-refractivity contribution in [2.75, 3.05) is 6.61 Å². The van der Waals surface area contributed by atoms with Gasteiger partial charge in [-0.25, -0.2) is 0 Å². The van der Waals surface area contributed by atoms with E-state index in [1.165, 1.54) is 0 Å². The summed E-state index contributed by atoms with van der Waals surface area (Å²) in [6.45, 7) is 2.03. The van der Waals surface area contributed by atoms with Gasteiger partial charge in [0.25, 0.3) is 0 Å². The van der Waals surface area contributed by atoms with Crippen LogP contribution in [0.15, 0.2) is 22.7 Å². The first kappa shape index (κ1) is 13.4. The Bertz CT molecular complexity index is 532. The van der Waals surface area contributed by atoms with Crippen LogP contribution in [-0.4, -0.2) is 16.9 Å². The van der Waals surface area contributed by atoms with Crippen molar-refractivity contribution in [1.29, 1.82) is 0 Å². The quantitative estimate of drug-likeness (QED) is 0.931. The van der Waals surface area contributed by atoms with Crippen molar-refractivity contribution in [3.8, 4) is 11.3 Å². The largest absolute Gasteiger partial charge is 0.396 e. The lowest BCUT2D eigenvalue weighted by Gasteiger charge is -2.05. The molecule has 0 spiro atoms. The fourth-order valence-electron chi connectivity index (χ4n) is 1.93. The third kappa shape index (κ3) is 2.39. The Hall–Kier alpha value is -1.03. The Kier molecular flexibility index (Phi) is 4.27. The van der Waals surface area contributed by atoms with Gasteiger partial charge < -0.3 is 9.63 Å². The van der Waals surface area contributed by atoms with Crippen molar-refractivity contribution >= 4 is 23.2 Å². The van der Waals surface area contributed by atoms with Crippen LogP contribution in [0, 0.1) is 0 Å². The molecule has 2 rings (SSSR count). The highest BCUT2D eigenvalue weighted by Gasteiger charge is 2.19. The lowest BCUT2D eigenvalue weighted by Crippen LogP contribution is -1.94. The van der Waals surface area contributed by atoms with Crippen LogP contribution in [0.25, 0.3) is 11.3 Å². The molecular formula is C13H13Cl2NO2. The summed E-state index contributed by atoms with van der Waals surface area (Å²) in [5.74, 6) is 0.686. The Morgan fingerprint density at radius 3 is 2.50 bits per heavy atom. The van der Waals surface area contributed by atoms with Crippen LogP contribution in [0.2, 0.25) is 10.0 Å². The molecule has 1 N–H and O–H groups in total. The van der Waals surface area contributed by atoms with Gasteiger partial charge in [-0.2, -0.15) is 0 Å². The highest BCUT2D eigenvalue weighted by Crippen LogP contribution is 2.37. The van der Waals surface area contributed by atoms with E-state index in [9.17, 15) is 0 Å². The summed E-state index contributed by atoms with van der Waals surface area (Å²) in [6.07, 6.45) is 1.19. The fourth-order valence-corrected chi connectivity index (χ4v) is 2.50. The number of aromatic nitrogens is 1. The SMILES string of the molecule is CCc1c(-c2c(Cl)cccc2Cl)noc1CCO. The average molecular weight is 286 g/mol. The molecule has 1 aromatic carbocycles. The molecule has 0 aliphatic rings. The van der Waals surface area contributed by atoms with Crippen LogP contribution in [0.1, 0.15) is 18.2 Å². The smallest absolute Gasteiger partial charge is 0.142 e. The van der Waals surface area contributed by atoms with Gasteiger partial charge in [-0.05, 0) is 18.6 Å². The predicted octanol–water partition coefficient (Wildman–Crippen LogP) is 3.75. The molecular weight excluding hydrogens is 273 g/mol. The first-order valence-electron chi connectivity index (χ1n) is 5.71. The average Bonchev–Trinajstić information content (AvgIpc) is 2.72. The fraction of sp³-hybridized carbons (Fsp3) is 0.308. The molecule has 1 aromatic heterocycles. The molecule has 5 heteroatoms. The van der Waals surface area contributed by atoms with E-state index >= 15 is 0 Å². The Morgan fingerprint density at radius 2 is 1.94 bits per heavy atom. The molecule has 0 saturated heterocycles. The van der Waals surface area contributed by atoms with E-state index in [0.29, 0.717) is 33.5 Å². The van der Waals surface area contributed by atoms with Crippen molar-refractivity contribution in [3.05, 3.63) is 39.6 Å². The minimum Gasteiger partial charge on any atom is -0.396 e. The van der Waals surface area contributed by atoms with Crippen LogP contribution in [0.3, 0.4) is 0 Å². The Balaban J connectivity index is 2.57. The minimum absolute atomic E-state index is 0.0257. The Morgan fingerprint density at radius 1 is 1.28 bits per heavy atom. The molecule has 0 fully saturated rings. The topological polar surface area (TPSA) is 46.3 Å². The summed E-state index contributed by atoms with van der Waals surface area (Å²) < 4.78 is 5.26. The van der Waals surface area contributed by atoms with E-state index in [-0.39, 0.29) is 6.61 Å². The zero-order chi connectivity index (χ0) is 13.1. The standard InChI is InChI=1S/C13H13Cl2NO2/c1-2-8-11(6-7-17)18-16-13(8)12-9(14)4-3-5-10(12)15/h3-5,17H,2,6-7H2,1H3. The second-order valence-corrected chi connectivity index (χ2v) is 4.67. The van der Waals surface area contributed by atoms with Gasteiger partial charge >= 0.3 is 0 Å². The molecule has 0 amide bonds. The number of halogens is 2. The zero-order valence-electron chi connectivity index (χ0n) is 9.91. The van der Waals surface area contributed by atoms with Crippen LogP contribution in [0.5, 0.6) is 0 Å². The van der Waals surface area contributed by atoms with E-state index in [1.54, 1.807) is 18.2 Å². The molecule has 0 atom stereocenters. The molecule has 2 aromatic rings. The maximum atomic E-state index is 8.99. The van der Waals surface area contributed by atoms with Crippen LogP contribution >= 0.6 is 23.2 Å². The van der Waals surface area contributed by atoms with Crippen molar-refractivity contribution in [2.45, 2.75) is 19.8 Å². The molecule has 96 valence electrons. The molecule has 18 heavy (non-hydrogen) atoms. The summed E-state index contributed by atoms with van der Waals surface area (Å²) in [6, 6.07) is 5.32. The van der Waals surface area contributed by atoms with Crippen molar-refractivity contribution < 1.29 is 9.63 Å². The summed E-state index contributed by atoms with van der Waals surface area (Å²) in [7, 11) is 0. The van der Waals surface area contributed by atoms with Crippen LogP contribution in [0.4, 0.5) is 0 Å². The third-order valence-corrected chi connectivity index (χ3v) is 3.39. The summed E-state index contributed by atoms with van der Waals surface area (Å²) in [5, 5.41) is 14.1. The molecule has 0 unspecified atom stereocenters. The van der Waals surface area contributed by atoms with Crippen molar-refractivity contribution in [3.63, 3.8) is 0 Å². The minimum atomic E-state index is 0.0257. The Labute approximate surface area is 115 Å². The molecule has 0 aliphatic carbocycles. The van der Waals surface area contributed by atoms with E-state index in [1.807, 2.05) is 6.92 Å². The molecule has 0 saturated carbocycles. The highest BCUT2D eigenvalue weighted by molar-refractivity contribution is 6.39. The van der Waals surface area contributed by atoms with E-state index < -0.39 is 0 Å². The van der Waals surface area contributed by atoms with Gasteiger partial charge in [0.15, 0.2) is 0 Å². The highest BCUT2D eigenvalue weighted by atomic mass is 35.5. The lowest BCUT2D eigenvalue weighted by molar-refractivity contribution is 0.276. The normalized spacial score (nSPS) is 10.9. The number of hydrogen-bond donors (Lipinski definition) is 1. The number of benzene rings is 1. The predicted molar refractivity (Wildman–Crippen MR) is 72.1 cm³/mol. The molecule has 0 aliphatic heterocycles. The van der Waals surface area contributed by atoms with Gasteiger partial charge in [0, 0.05) is 17.5 Å². The van der Waals surface area contributed by atoms with Crippen LogP contribution < -0.4 is 0 Å².